The standard InChI is InChI=1S/C13H20N2O3/c1-9(4-5-16)15-11(7-14)10-2-3-12-13(6-10)18-8-17-12/h2-3,6,9,11,15-16H,4-5,7-8,14H2,1H3. The van der Waals surface area contributed by atoms with E-state index in [1.54, 1.807) is 0 Å². The maximum absolute atomic E-state index is 8.91. The van der Waals surface area contributed by atoms with Crippen molar-refractivity contribution in [3.63, 3.8) is 0 Å². The minimum atomic E-state index is 0.0565. The van der Waals surface area contributed by atoms with Crippen LogP contribution in [0.3, 0.4) is 0 Å². The zero-order valence-corrected chi connectivity index (χ0v) is 10.6. The summed E-state index contributed by atoms with van der Waals surface area (Å²) in [7, 11) is 0. The predicted octanol–water partition coefficient (Wildman–Crippen LogP) is 0.776. The Morgan fingerprint density at radius 1 is 1.39 bits per heavy atom. The Labute approximate surface area is 107 Å². The summed E-state index contributed by atoms with van der Waals surface area (Å²) in [5.74, 6) is 1.54. The molecular weight excluding hydrogens is 232 g/mol. The number of rotatable bonds is 6. The molecule has 0 saturated heterocycles. The maximum Gasteiger partial charge on any atom is 0.231 e. The average molecular weight is 252 g/mol. The molecule has 18 heavy (non-hydrogen) atoms. The van der Waals surface area contributed by atoms with Crippen LogP contribution >= 0.6 is 0 Å². The molecule has 1 aliphatic heterocycles. The summed E-state index contributed by atoms with van der Waals surface area (Å²) >= 11 is 0. The van der Waals surface area contributed by atoms with E-state index in [9.17, 15) is 0 Å². The van der Waals surface area contributed by atoms with Gasteiger partial charge in [0.05, 0.1) is 0 Å². The molecule has 1 aliphatic rings. The molecular formula is C13H20N2O3. The van der Waals surface area contributed by atoms with E-state index < -0.39 is 0 Å². The number of ether oxygens (including phenoxy) is 2. The lowest BCUT2D eigenvalue weighted by atomic mass is 10.0. The third-order valence-electron chi connectivity index (χ3n) is 3.08. The summed E-state index contributed by atoms with van der Waals surface area (Å²) in [6, 6.07) is 6.12. The summed E-state index contributed by atoms with van der Waals surface area (Å²) in [4.78, 5) is 0. The molecule has 100 valence electrons. The van der Waals surface area contributed by atoms with Crippen molar-refractivity contribution in [1.82, 2.24) is 5.32 Å². The molecule has 1 aromatic rings. The molecule has 2 unspecified atom stereocenters. The van der Waals surface area contributed by atoms with Gasteiger partial charge in [0.1, 0.15) is 0 Å². The number of nitrogens with one attached hydrogen (secondary N) is 1. The summed E-state index contributed by atoms with van der Waals surface area (Å²) in [6.07, 6.45) is 0.709. The highest BCUT2D eigenvalue weighted by Gasteiger charge is 2.18. The first-order chi connectivity index (χ1) is 8.74. The van der Waals surface area contributed by atoms with Crippen LogP contribution in [-0.4, -0.2) is 31.1 Å². The molecule has 1 heterocycles. The number of hydrogen-bond donors (Lipinski definition) is 3. The number of hydrogen-bond acceptors (Lipinski definition) is 5. The third-order valence-corrected chi connectivity index (χ3v) is 3.08. The zero-order chi connectivity index (χ0) is 13.0. The molecule has 0 bridgehead atoms. The lowest BCUT2D eigenvalue weighted by Crippen LogP contribution is -2.35. The van der Waals surface area contributed by atoms with Gasteiger partial charge in [-0.3, -0.25) is 0 Å². The van der Waals surface area contributed by atoms with Gasteiger partial charge in [-0.25, -0.2) is 0 Å². The molecule has 0 radical (unpaired) electrons. The first kappa shape index (κ1) is 13.1. The topological polar surface area (TPSA) is 76.7 Å². The minimum absolute atomic E-state index is 0.0565. The molecule has 4 N–H and O–H groups in total. The van der Waals surface area contributed by atoms with Crippen LogP contribution in [-0.2, 0) is 0 Å². The molecule has 5 heteroatoms. The summed E-state index contributed by atoms with van der Waals surface area (Å²) < 4.78 is 10.6. The van der Waals surface area contributed by atoms with Crippen LogP contribution < -0.4 is 20.5 Å². The van der Waals surface area contributed by atoms with Crippen LogP contribution in [0.4, 0.5) is 0 Å². The van der Waals surface area contributed by atoms with Crippen molar-refractivity contribution in [1.29, 1.82) is 0 Å². The quantitative estimate of drug-likeness (QED) is 0.697. The number of aliphatic hydroxyl groups is 1. The Morgan fingerprint density at radius 3 is 2.89 bits per heavy atom. The van der Waals surface area contributed by atoms with E-state index in [1.807, 2.05) is 25.1 Å². The van der Waals surface area contributed by atoms with Gasteiger partial charge in [-0.15, -0.1) is 0 Å². The molecule has 1 aromatic carbocycles. The van der Waals surface area contributed by atoms with Crippen molar-refractivity contribution < 1.29 is 14.6 Å². The van der Waals surface area contributed by atoms with Crippen LogP contribution in [0.2, 0.25) is 0 Å². The maximum atomic E-state index is 8.91. The van der Waals surface area contributed by atoms with E-state index in [0.717, 1.165) is 17.1 Å². The van der Waals surface area contributed by atoms with E-state index in [0.29, 0.717) is 13.0 Å². The molecule has 2 atom stereocenters. The highest BCUT2D eigenvalue weighted by molar-refractivity contribution is 5.45. The number of fused-ring (bicyclic) bond motifs is 1. The second kappa shape index (κ2) is 6.04. The van der Waals surface area contributed by atoms with Crippen molar-refractivity contribution in [2.75, 3.05) is 19.9 Å². The van der Waals surface area contributed by atoms with Crippen LogP contribution in [0.5, 0.6) is 11.5 Å². The van der Waals surface area contributed by atoms with Crippen LogP contribution in [0, 0.1) is 0 Å². The fourth-order valence-corrected chi connectivity index (χ4v) is 2.05. The van der Waals surface area contributed by atoms with Gasteiger partial charge in [-0.2, -0.15) is 0 Å². The second-order valence-corrected chi connectivity index (χ2v) is 4.48. The molecule has 0 aromatic heterocycles. The number of aliphatic hydroxyl groups excluding tert-OH is 1. The second-order valence-electron chi connectivity index (χ2n) is 4.48. The van der Waals surface area contributed by atoms with Gasteiger partial charge in [0.2, 0.25) is 6.79 Å². The number of benzene rings is 1. The van der Waals surface area contributed by atoms with Gasteiger partial charge in [0.15, 0.2) is 11.5 Å². The van der Waals surface area contributed by atoms with E-state index in [-0.39, 0.29) is 25.5 Å². The lowest BCUT2D eigenvalue weighted by Gasteiger charge is -2.22. The van der Waals surface area contributed by atoms with E-state index in [1.165, 1.54) is 0 Å². The Kier molecular flexibility index (Phi) is 4.41. The SMILES string of the molecule is CC(CCO)NC(CN)c1ccc2c(c1)OCO2. The Morgan fingerprint density at radius 2 is 2.17 bits per heavy atom. The highest BCUT2D eigenvalue weighted by Crippen LogP contribution is 2.34. The van der Waals surface area contributed by atoms with Crippen molar-refractivity contribution >= 4 is 0 Å². The van der Waals surface area contributed by atoms with E-state index >= 15 is 0 Å². The van der Waals surface area contributed by atoms with E-state index in [2.05, 4.69) is 5.32 Å². The molecule has 0 fully saturated rings. The van der Waals surface area contributed by atoms with Crippen molar-refractivity contribution in [3.8, 4) is 11.5 Å². The fourth-order valence-electron chi connectivity index (χ4n) is 2.05. The fraction of sp³-hybridized carbons (Fsp3) is 0.538. The summed E-state index contributed by atoms with van der Waals surface area (Å²) in [6.45, 7) is 2.98. The molecule has 0 spiro atoms. The van der Waals surface area contributed by atoms with E-state index in [4.69, 9.17) is 20.3 Å². The Balaban J connectivity index is 2.07. The van der Waals surface area contributed by atoms with Gasteiger partial charge < -0.3 is 25.6 Å². The first-order valence-electron chi connectivity index (χ1n) is 6.21. The molecule has 0 aliphatic carbocycles. The molecule has 2 rings (SSSR count). The monoisotopic (exact) mass is 252 g/mol. The third kappa shape index (κ3) is 2.93. The van der Waals surface area contributed by atoms with Crippen LogP contribution in [0.15, 0.2) is 18.2 Å². The lowest BCUT2D eigenvalue weighted by molar-refractivity contribution is 0.174. The summed E-state index contributed by atoms with van der Waals surface area (Å²) in [5.41, 5.74) is 6.87. The van der Waals surface area contributed by atoms with Gasteiger partial charge in [0, 0.05) is 25.2 Å². The molecule has 5 nitrogen and oxygen atoms in total. The smallest absolute Gasteiger partial charge is 0.231 e. The Hall–Kier alpha value is -1.30. The number of nitrogens with two attached hydrogens (primary N) is 1. The molecule has 0 amide bonds. The Bertz CT molecular complexity index is 398. The van der Waals surface area contributed by atoms with Gasteiger partial charge in [0.25, 0.3) is 0 Å². The largest absolute Gasteiger partial charge is 0.454 e. The minimum Gasteiger partial charge on any atom is -0.454 e. The van der Waals surface area contributed by atoms with Crippen LogP contribution in [0.1, 0.15) is 24.9 Å². The van der Waals surface area contributed by atoms with Gasteiger partial charge >= 0.3 is 0 Å². The van der Waals surface area contributed by atoms with Gasteiger partial charge in [-0.1, -0.05) is 6.07 Å². The zero-order valence-electron chi connectivity index (χ0n) is 10.6. The highest BCUT2D eigenvalue weighted by atomic mass is 16.7. The van der Waals surface area contributed by atoms with Crippen LogP contribution in [0.25, 0.3) is 0 Å². The molecule has 0 saturated carbocycles. The first-order valence-corrected chi connectivity index (χ1v) is 6.21. The van der Waals surface area contributed by atoms with Crippen molar-refractivity contribution in [2.24, 2.45) is 5.73 Å². The van der Waals surface area contributed by atoms with Crippen molar-refractivity contribution in [2.45, 2.75) is 25.4 Å². The van der Waals surface area contributed by atoms with Gasteiger partial charge in [-0.05, 0) is 31.0 Å². The normalized spacial score (nSPS) is 16.6. The van der Waals surface area contributed by atoms with Crippen molar-refractivity contribution in [3.05, 3.63) is 23.8 Å². The predicted molar refractivity (Wildman–Crippen MR) is 68.7 cm³/mol. The summed E-state index contributed by atoms with van der Waals surface area (Å²) in [5, 5.41) is 12.3. The average Bonchev–Trinajstić information content (AvgIpc) is 2.83.